The third kappa shape index (κ3) is 3.94. The second-order valence-corrected chi connectivity index (χ2v) is 4.49. The third-order valence-corrected chi connectivity index (χ3v) is 2.72. The average molecular weight is 266 g/mol. The molecular formula is C13H18N2O4. The zero-order chi connectivity index (χ0) is 14.6. The first kappa shape index (κ1) is 14.9. The van der Waals surface area contributed by atoms with Crippen molar-refractivity contribution in [2.75, 3.05) is 13.7 Å². The summed E-state index contributed by atoms with van der Waals surface area (Å²) in [5.74, 6) is -1.29. The number of pyridine rings is 1. The van der Waals surface area contributed by atoms with Crippen LogP contribution in [-0.4, -0.2) is 46.6 Å². The number of carboxylic acid groups (broad SMARTS) is 1. The summed E-state index contributed by atoms with van der Waals surface area (Å²) < 4.78 is 5.25. The van der Waals surface area contributed by atoms with Crippen LogP contribution in [0.15, 0.2) is 12.1 Å². The highest BCUT2D eigenvalue weighted by atomic mass is 16.5. The van der Waals surface area contributed by atoms with Gasteiger partial charge in [-0.15, -0.1) is 0 Å². The minimum Gasteiger partial charge on any atom is -0.481 e. The normalized spacial score (nSPS) is 10.4. The predicted octanol–water partition coefficient (Wildman–Crippen LogP) is 1.33. The number of hydrogen-bond donors (Lipinski definition) is 1. The van der Waals surface area contributed by atoms with E-state index >= 15 is 0 Å². The number of aromatic carboxylic acids is 1. The summed E-state index contributed by atoms with van der Waals surface area (Å²) in [6.45, 7) is 5.25. The van der Waals surface area contributed by atoms with E-state index in [-0.39, 0.29) is 30.0 Å². The van der Waals surface area contributed by atoms with Crippen LogP contribution in [0, 0.1) is 6.92 Å². The first-order valence-corrected chi connectivity index (χ1v) is 5.92. The number of rotatable bonds is 5. The van der Waals surface area contributed by atoms with E-state index in [0.29, 0.717) is 5.69 Å². The van der Waals surface area contributed by atoms with Gasteiger partial charge in [0.25, 0.3) is 5.91 Å². The van der Waals surface area contributed by atoms with Crippen molar-refractivity contribution in [3.05, 3.63) is 23.5 Å². The Labute approximate surface area is 112 Å². The molecule has 0 radical (unpaired) electrons. The molecule has 0 spiro atoms. The van der Waals surface area contributed by atoms with Crippen molar-refractivity contribution in [2.45, 2.75) is 26.8 Å². The van der Waals surface area contributed by atoms with E-state index in [1.165, 1.54) is 11.0 Å². The lowest BCUT2D eigenvalue weighted by Crippen LogP contribution is -2.36. The van der Waals surface area contributed by atoms with Crippen molar-refractivity contribution < 1.29 is 19.4 Å². The molecule has 1 heterocycles. The van der Waals surface area contributed by atoms with Gasteiger partial charge in [-0.2, -0.15) is 0 Å². The topological polar surface area (TPSA) is 79.7 Å². The van der Waals surface area contributed by atoms with Crippen LogP contribution in [0.3, 0.4) is 0 Å². The van der Waals surface area contributed by atoms with E-state index in [4.69, 9.17) is 9.84 Å². The number of likely N-dealkylation sites (N-methyl/N-ethyl adjacent to an activating group) is 1. The summed E-state index contributed by atoms with van der Waals surface area (Å²) in [7, 11) is 1.67. The number of hydrogen-bond acceptors (Lipinski definition) is 4. The van der Waals surface area contributed by atoms with Gasteiger partial charge in [0, 0.05) is 18.8 Å². The minimum atomic E-state index is -1.18. The van der Waals surface area contributed by atoms with Crippen LogP contribution in [0.1, 0.15) is 30.0 Å². The summed E-state index contributed by atoms with van der Waals surface area (Å²) >= 11 is 0. The van der Waals surface area contributed by atoms with Crippen molar-refractivity contribution in [3.8, 4) is 5.75 Å². The molecule has 0 aromatic carbocycles. The summed E-state index contributed by atoms with van der Waals surface area (Å²) in [6, 6.07) is 3.21. The maximum Gasteiger partial charge on any atom is 0.358 e. The fourth-order valence-electron chi connectivity index (χ4n) is 1.34. The Morgan fingerprint density at radius 2 is 2.05 bits per heavy atom. The van der Waals surface area contributed by atoms with Crippen molar-refractivity contribution >= 4 is 11.9 Å². The van der Waals surface area contributed by atoms with Crippen LogP contribution in [0.5, 0.6) is 5.75 Å². The molecule has 0 bridgehead atoms. The van der Waals surface area contributed by atoms with Gasteiger partial charge in [0.15, 0.2) is 18.1 Å². The Morgan fingerprint density at radius 1 is 1.42 bits per heavy atom. The third-order valence-electron chi connectivity index (χ3n) is 2.72. The maximum atomic E-state index is 11.7. The molecule has 6 nitrogen and oxygen atoms in total. The molecule has 19 heavy (non-hydrogen) atoms. The lowest BCUT2D eigenvalue weighted by Gasteiger charge is -2.21. The van der Waals surface area contributed by atoms with Crippen LogP contribution in [0.25, 0.3) is 0 Å². The molecule has 104 valence electrons. The maximum absolute atomic E-state index is 11.7. The van der Waals surface area contributed by atoms with Crippen LogP contribution in [0.4, 0.5) is 0 Å². The van der Waals surface area contributed by atoms with Gasteiger partial charge in [-0.25, -0.2) is 9.78 Å². The lowest BCUT2D eigenvalue weighted by molar-refractivity contribution is -0.133. The SMILES string of the molecule is Cc1ccc(OCC(=O)N(C)C(C)C)c(C(=O)O)n1. The molecule has 1 N–H and O–H groups in total. The van der Waals surface area contributed by atoms with Gasteiger partial charge in [-0.1, -0.05) is 0 Å². The monoisotopic (exact) mass is 266 g/mol. The lowest BCUT2D eigenvalue weighted by atomic mass is 10.3. The smallest absolute Gasteiger partial charge is 0.358 e. The first-order chi connectivity index (χ1) is 8.82. The minimum absolute atomic E-state index is 0.0613. The van der Waals surface area contributed by atoms with Crippen molar-refractivity contribution in [1.82, 2.24) is 9.88 Å². The number of carboxylic acids is 1. The predicted molar refractivity (Wildman–Crippen MR) is 69.3 cm³/mol. The van der Waals surface area contributed by atoms with Gasteiger partial charge in [0.05, 0.1) is 0 Å². The van der Waals surface area contributed by atoms with Crippen molar-refractivity contribution in [3.63, 3.8) is 0 Å². The summed E-state index contributed by atoms with van der Waals surface area (Å²) in [5, 5.41) is 9.01. The number of aromatic nitrogens is 1. The highest BCUT2D eigenvalue weighted by Crippen LogP contribution is 2.17. The largest absolute Gasteiger partial charge is 0.481 e. The van der Waals surface area contributed by atoms with Crippen LogP contribution < -0.4 is 4.74 Å². The summed E-state index contributed by atoms with van der Waals surface area (Å²) in [4.78, 5) is 28.2. The highest BCUT2D eigenvalue weighted by Gasteiger charge is 2.17. The quantitative estimate of drug-likeness (QED) is 0.869. The van der Waals surface area contributed by atoms with Gasteiger partial charge in [0.1, 0.15) is 0 Å². The Bertz CT molecular complexity index is 486. The zero-order valence-electron chi connectivity index (χ0n) is 11.5. The number of nitrogens with zero attached hydrogens (tertiary/aromatic N) is 2. The summed E-state index contributed by atoms with van der Waals surface area (Å²) in [6.07, 6.45) is 0. The second-order valence-electron chi connectivity index (χ2n) is 4.49. The molecule has 0 atom stereocenters. The molecule has 0 aliphatic rings. The van der Waals surface area contributed by atoms with Crippen molar-refractivity contribution in [2.24, 2.45) is 0 Å². The molecule has 0 fully saturated rings. The first-order valence-electron chi connectivity index (χ1n) is 5.92. The molecule has 0 aliphatic carbocycles. The van der Waals surface area contributed by atoms with Crippen LogP contribution in [-0.2, 0) is 4.79 Å². The van der Waals surface area contributed by atoms with E-state index < -0.39 is 5.97 Å². The second kappa shape index (κ2) is 6.17. The van der Waals surface area contributed by atoms with Gasteiger partial charge in [-0.3, -0.25) is 4.79 Å². The van der Waals surface area contributed by atoms with E-state index in [1.54, 1.807) is 20.0 Å². The highest BCUT2D eigenvalue weighted by molar-refractivity contribution is 5.88. The Morgan fingerprint density at radius 3 is 2.58 bits per heavy atom. The van der Waals surface area contributed by atoms with Gasteiger partial charge in [-0.05, 0) is 32.9 Å². The molecule has 0 unspecified atom stereocenters. The number of amides is 1. The molecule has 1 aromatic heterocycles. The van der Waals surface area contributed by atoms with Gasteiger partial charge >= 0.3 is 5.97 Å². The van der Waals surface area contributed by atoms with Crippen LogP contribution >= 0.6 is 0 Å². The fourth-order valence-corrected chi connectivity index (χ4v) is 1.34. The molecule has 0 saturated carbocycles. The van der Waals surface area contributed by atoms with Gasteiger partial charge in [0.2, 0.25) is 0 Å². The Hall–Kier alpha value is -2.11. The molecule has 0 saturated heterocycles. The average Bonchev–Trinajstić information content (AvgIpc) is 2.35. The Balaban J connectivity index is 2.78. The van der Waals surface area contributed by atoms with E-state index in [1.807, 2.05) is 13.8 Å². The molecule has 1 amide bonds. The molecule has 0 aliphatic heterocycles. The molecule has 1 aromatic rings. The number of carbonyl (C=O) groups excluding carboxylic acids is 1. The Kier molecular flexibility index (Phi) is 4.86. The molecular weight excluding hydrogens is 248 g/mol. The fraction of sp³-hybridized carbons (Fsp3) is 0.462. The summed E-state index contributed by atoms with van der Waals surface area (Å²) in [5.41, 5.74) is 0.398. The van der Waals surface area contributed by atoms with Gasteiger partial charge < -0.3 is 14.7 Å². The van der Waals surface area contributed by atoms with E-state index in [2.05, 4.69) is 4.98 Å². The standard InChI is InChI=1S/C13H18N2O4/c1-8(2)15(4)11(16)7-19-10-6-5-9(3)14-12(10)13(17)18/h5-6,8H,7H2,1-4H3,(H,17,18). The van der Waals surface area contributed by atoms with E-state index in [9.17, 15) is 9.59 Å². The van der Waals surface area contributed by atoms with Crippen LogP contribution in [0.2, 0.25) is 0 Å². The number of aryl methyl sites for hydroxylation is 1. The molecule has 6 heteroatoms. The number of ether oxygens (including phenoxy) is 1. The zero-order valence-corrected chi connectivity index (χ0v) is 11.5. The van der Waals surface area contributed by atoms with Crippen molar-refractivity contribution in [1.29, 1.82) is 0 Å². The molecule has 1 rings (SSSR count). The number of carbonyl (C=O) groups is 2. The van der Waals surface area contributed by atoms with E-state index in [0.717, 1.165) is 0 Å².